The third-order valence-electron chi connectivity index (χ3n) is 2.04. The fourth-order valence-electron chi connectivity index (χ4n) is 1.22. The van der Waals surface area contributed by atoms with Crippen molar-refractivity contribution in [2.24, 2.45) is 7.05 Å². The maximum atomic E-state index is 11.7. The molecule has 0 aromatic carbocycles. The number of nitrogens with zero attached hydrogens (tertiary/aromatic N) is 5. The van der Waals surface area contributed by atoms with Crippen LogP contribution >= 0.6 is 0 Å². The summed E-state index contributed by atoms with van der Waals surface area (Å²) in [5.74, 6) is 0.169. The number of aromatic nitrogens is 6. The molecule has 0 spiro atoms. The minimum absolute atomic E-state index is 0.266. The summed E-state index contributed by atoms with van der Waals surface area (Å²) in [4.78, 5) is 11.7. The first-order valence-electron chi connectivity index (χ1n) is 4.70. The van der Waals surface area contributed by atoms with Gasteiger partial charge in [0.05, 0.1) is 6.04 Å². The summed E-state index contributed by atoms with van der Waals surface area (Å²) in [5, 5.41) is 20.0. The molecule has 0 aliphatic carbocycles. The summed E-state index contributed by atoms with van der Waals surface area (Å²) in [6.07, 6.45) is 1.70. The molecular formula is C8H11N7O. The van der Waals surface area contributed by atoms with Gasteiger partial charge in [0.15, 0.2) is 5.82 Å². The van der Waals surface area contributed by atoms with Crippen LogP contribution in [0, 0.1) is 0 Å². The Morgan fingerprint density at radius 2 is 2.44 bits per heavy atom. The molecule has 0 radical (unpaired) electrons. The van der Waals surface area contributed by atoms with Gasteiger partial charge in [0.25, 0.3) is 5.91 Å². The van der Waals surface area contributed by atoms with E-state index < -0.39 is 0 Å². The first-order valence-corrected chi connectivity index (χ1v) is 4.70. The Morgan fingerprint density at radius 3 is 3.00 bits per heavy atom. The Morgan fingerprint density at radius 1 is 1.62 bits per heavy atom. The summed E-state index contributed by atoms with van der Waals surface area (Å²) < 4.78 is 1.56. The number of tetrazole rings is 1. The number of amides is 1. The Bertz CT molecular complexity index is 474. The van der Waals surface area contributed by atoms with Crippen LogP contribution in [0.2, 0.25) is 0 Å². The number of carbonyl (C=O) groups is 1. The molecule has 2 heterocycles. The third-order valence-corrected chi connectivity index (χ3v) is 2.04. The van der Waals surface area contributed by atoms with Gasteiger partial charge in [0.2, 0.25) is 0 Å². The van der Waals surface area contributed by atoms with Crippen LogP contribution in [-0.2, 0) is 7.05 Å². The highest BCUT2D eigenvalue weighted by Gasteiger charge is 2.15. The highest BCUT2D eigenvalue weighted by atomic mass is 16.2. The lowest BCUT2D eigenvalue weighted by Crippen LogP contribution is -2.27. The van der Waals surface area contributed by atoms with Gasteiger partial charge in [-0.25, -0.2) is 0 Å². The van der Waals surface area contributed by atoms with E-state index in [4.69, 9.17) is 0 Å². The molecule has 1 atom stereocenters. The van der Waals surface area contributed by atoms with Gasteiger partial charge in [0.1, 0.15) is 5.69 Å². The highest BCUT2D eigenvalue weighted by Crippen LogP contribution is 2.04. The number of carbonyl (C=O) groups excluding carboxylic acids is 1. The van der Waals surface area contributed by atoms with Gasteiger partial charge >= 0.3 is 0 Å². The van der Waals surface area contributed by atoms with Crippen molar-refractivity contribution in [3.05, 3.63) is 23.8 Å². The maximum Gasteiger partial charge on any atom is 0.272 e. The van der Waals surface area contributed by atoms with Gasteiger partial charge in [-0.05, 0) is 13.0 Å². The molecule has 8 heteroatoms. The zero-order chi connectivity index (χ0) is 11.5. The van der Waals surface area contributed by atoms with E-state index in [1.807, 2.05) is 0 Å². The predicted molar refractivity (Wildman–Crippen MR) is 53.3 cm³/mol. The average molecular weight is 221 g/mol. The number of hydrogen-bond acceptors (Lipinski definition) is 5. The second-order valence-electron chi connectivity index (χ2n) is 3.34. The molecule has 0 aliphatic heterocycles. The minimum Gasteiger partial charge on any atom is -0.341 e. The first-order chi connectivity index (χ1) is 7.66. The van der Waals surface area contributed by atoms with Crippen molar-refractivity contribution in [2.75, 3.05) is 0 Å². The van der Waals surface area contributed by atoms with E-state index in [1.165, 1.54) is 0 Å². The monoisotopic (exact) mass is 221 g/mol. The first kappa shape index (κ1) is 10.3. The number of aryl methyl sites for hydroxylation is 1. The van der Waals surface area contributed by atoms with E-state index in [9.17, 15) is 4.79 Å². The zero-order valence-corrected chi connectivity index (χ0v) is 8.88. The minimum atomic E-state index is -0.312. The van der Waals surface area contributed by atoms with Gasteiger partial charge in [-0.15, -0.1) is 10.2 Å². The molecule has 1 amide bonds. The van der Waals surface area contributed by atoms with Crippen LogP contribution in [0.15, 0.2) is 12.3 Å². The maximum absolute atomic E-state index is 11.7. The van der Waals surface area contributed by atoms with Gasteiger partial charge < -0.3 is 5.32 Å². The Labute approximate surface area is 91.0 Å². The largest absolute Gasteiger partial charge is 0.341 e. The fraction of sp³-hybridized carbons (Fsp3) is 0.375. The molecule has 0 fully saturated rings. The quantitative estimate of drug-likeness (QED) is 0.722. The molecule has 2 N–H and O–H groups in total. The fourth-order valence-corrected chi connectivity index (χ4v) is 1.22. The predicted octanol–water partition coefficient (Wildman–Crippen LogP) is -0.576. The van der Waals surface area contributed by atoms with E-state index >= 15 is 0 Å². The van der Waals surface area contributed by atoms with Gasteiger partial charge in [-0.3, -0.25) is 9.48 Å². The molecule has 0 bridgehead atoms. The SMILES string of the molecule is CC(NC(=O)c1ccn(C)n1)c1nn[nH]n1. The van der Waals surface area contributed by atoms with Crippen LogP contribution in [0.3, 0.4) is 0 Å². The van der Waals surface area contributed by atoms with Crippen molar-refractivity contribution >= 4 is 5.91 Å². The average Bonchev–Trinajstić information content (AvgIpc) is 2.87. The number of hydrogen-bond donors (Lipinski definition) is 2. The van der Waals surface area contributed by atoms with E-state index in [0.717, 1.165) is 0 Å². The van der Waals surface area contributed by atoms with Gasteiger partial charge in [0, 0.05) is 13.2 Å². The molecule has 8 nitrogen and oxygen atoms in total. The van der Waals surface area contributed by atoms with Gasteiger partial charge in [-0.2, -0.15) is 10.3 Å². The van der Waals surface area contributed by atoms with Crippen LogP contribution in [-0.4, -0.2) is 36.3 Å². The standard InChI is InChI=1S/C8H11N7O/c1-5(7-10-13-14-11-7)9-8(16)6-3-4-15(2)12-6/h3-5H,1-2H3,(H,9,16)(H,10,11,13,14). The van der Waals surface area contributed by atoms with E-state index in [2.05, 4.69) is 31.0 Å². The Kier molecular flexibility index (Phi) is 2.63. The number of H-pyrrole nitrogens is 1. The molecular weight excluding hydrogens is 210 g/mol. The third kappa shape index (κ3) is 2.05. The van der Waals surface area contributed by atoms with Crippen LogP contribution in [0.1, 0.15) is 29.3 Å². The molecule has 84 valence electrons. The lowest BCUT2D eigenvalue weighted by molar-refractivity contribution is 0.0932. The van der Waals surface area contributed by atoms with Crippen LogP contribution in [0.5, 0.6) is 0 Å². The molecule has 1 unspecified atom stereocenters. The van der Waals surface area contributed by atoms with Gasteiger partial charge in [-0.1, -0.05) is 5.21 Å². The van der Waals surface area contributed by atoms with Crippen molar-refractivity contribution in [3.63, 3.8) is 0 Å². The second-order valence-corrected chi connectivity index (χ2v) is 3.34. The summed E-state index contributed by atoms with van der Waals surface area (Å²) in [6, 6.07) is 1.33. The normalized spacial score (nSPS) is 12.4. The lowest BCUT2D eigenvalue weighted by Gasteiger charge is -2.07. The summed E-state index contributed by atoms with van der Waals surface area (Å²) in [7, 11) is 1.75. The van der Waals surface area contributed by atoms with Crippen molar-refractivity contribution in [1.82, 2.24) is 35.7 Å². The van der Waals surface area contributed by atoms with Crippen LogP contribution in [0.4, 0.5) is 0 Å². The molecule has 0 saturated heterocycles. The van der Waals surface area contributed by atoms with Crippen molar-refractivity contribution in [3.8, 4) is 0 Å². The summed E-state index contributed by atoms with van der Waals surface area (Å²) in [5.41, 5.74) is 0.359. The highest BCUT2D eigenvalue weighted by molar-refractivity contribution is 5.92. The van der Waals surface area contributed by atoms with Crippen molar-refractivity contribution in [1.29, 1.82) is 0 Å². The Hall–Kier alpha value is -2.25. The van der Waals surface area contributed by atoms with E-state index in [-0.39, 0.29) is 11.9 Å². The molecule has 0 saturated carbocycles. The van der Waals surface area contributed by atoms with Crippen LogP contribution < -0.4 is 5.32 Å². The smallest absolute Gasteiger partial charge is 0.272 e. The van der Waals surface area contributed by atoms with E-state index in [0.29, 0.717) is 11.5 Å². The number of rotatable bonds is 3. The van der Waals surface area contributed by atoms with Crippen molar-refractivity contribution in [2.45, 2.75) is 13.0 Å². The molecule has 2 rings (SSSR count). The number of nitrogens with one attached hydrogen (secondary N) is 2. The van der Waals surface area contributed by atoms with E-state index in [1.54, 1.807) is 30.9 Å². The molecule has 16 heavy (non-hydrogen) atoms. The molecule has 2 aromatic rings. The summed E-state index contributed by atoms with van der Waals surface area (Å²) in [6.45, 7) is 1.77. The van der Waals surface area contributed by atoms with Crippen LogP contribution in [0.25, 0.3) is 0 Å². The Balaban J connectivity index is 2.03. The zero-order valence-electron chi connectivity index (χ0n) is 8.88. The van der Waals surface area contributed by atoms with Crippen molar-refractivity contribution < 1.29 is 4.79 Å². The topological polar surface area (TPSA) is 101 Å². The summed E-state index contributed by atoms with van der Waals surface area (Å²) >= 11 is 0. The number of aromatic amines is 1. The molecule has 2 aromatic heterocycles. The second kappa shape index (κ2) is 4.09. The molecule has 0 aliphatic rings. The lowest BCUT2D eigenvalue weighted by atomic mass is 10.3.